The van der Waals surface area contributed by atoms with E-state index in [-0.39, 0.29) is 5.75 Å². The standard InChI is InChI=1S/C14H14BrNO3S/c1-20(18,19)12-5-3-11(4-6-12)16-9-10-2-7-14(17)13(15)8-10/h2-8,16-17H,9H2,1H3. The maximum absolute atomic E-state index is 11.3. The summed E-state index contributed by atoms with van der Waals surface area (Å²) in [4.78, 5) is 0.301. The zero-order chi connectivity index (χ0) is 14.8. The van der Waals surface area contributed by atoms with Crippen LogP contribution in [0.2, 0.25) is 0 Å². The predicted octanol–water partition coefficient (Wildman–Crippen LogP) is 3.17. The van der Waals surface area contributed by atoms with Gasteiger partial charge in [-0.25, -0.2) is 8.42 Å². The molecule has 106 valence electrons. The summed E-state index contributed by atoms with van der Waals surface area (Å²) in [6.45, 7) is 0.580. The molecule has 4 nitrogen and oxygen atoms in total. The van der Waals surface area contributed by atoms with E-state index < -0.39 is 9.84 Å². The molecule has 0 radical (unpaired) electrons. The van der Waals surface area contributed by atoms with Crippen LogP contribution in [0, 0.1) is 0 Å². The third-order valence-corrected chi connectivity index (χ3v) is 4.55. The minimum Gasteiger partial charge on any atom is -0.507 e. The first-order chi connectivity index (χ1) is 9.36. The zero-order valence-electron chi connectivity index (χ0n) is 10.8. The van der Waals surface area contributed by atoms with E-state index in [4.69, 9.17) is 0 Å². The molecule has 0 unspecified atom stereocenters. The molecule has 0 saturated carbocycles. The van der Waals surface area contributed by atoms with E-state index in [0.29, 0.717) is 15.9 Å². The summed E-state index contributed by atoms with van der Waals surface area (Å²) in [7, 11) is -3.16. The molecule has 6 heteroatoms. The molecule has 0 heterocycles. The third kappa shape index (κ3) is 3.74. The molecule has 0 amide bonds. The van der Waals surface area contributed by atoms with E-state index in [9.17, 15) is 13.5 Å². The lowest BCUT2D eigenvalue weighted by Crippen LogP contribution is -2.01. The van der Waals surface area contributed by atoms with Crippen molar-refractivity contribution in [2.75, 3.05) is 11.6 Å². The van der Waals surface area contributed by atoms with Crippen molar-refractivity contribution in [2.24, 2.45) is 0 Å². The molecule has 0 fully saturated rings. The number of phenols is 1. The van der Waals surface area contributed by atoms with Gasteiger partial charge in [0.1, 0.15) is 5.75 Å². The Balaban J connectivity index is 2.06. The van der Waals surface area contributed by atoms with Gasteiger partial charge in [-0.1, -0.05) is 6.07 Å². The Bertz CT molecular complexity index is 712. The molecule has 2 N–H and O–H groups in total. The number of halogens is 1. The molecular weight excluding hydrogens is 342 g/mol. The van der Waals surface area contributed by atoms with E-state index in [2.05, 4.69) is 21.2 Å². The summed E-state index contributed by atoms with van der Waals surface area (Å²) in [5, 5.41) is 12.6. The Morgan fingerprint density at radius 1 is 1.15 bits per heavy atom. The first kappa shape index (κ1) is 14.9. The van der Waals surface area contributed by atoms with E-state index in [1.165, 1.54) is 6.26 Å². The number of rotatable bonds is 4. The maximum Gasteiger partial charge on any atom is 0.175 e. The van der Waals surface area contributed by atoms with Gasteiger partial charge in [-0.2, -0.15) is 0 Å². The van der Waals surface area contributed by atoms with Crippen molar-refractivity contribution in [2.45, 2.75) is 11.4 Å². The summed E-state index contributed by atoms with van der Waals surface area (Å²) >= 11 is 3.26. The summed E-state index contributed by atoms with van der Waals surface area (Å²) in [5.41, 5.74) is 1.84. The van der Waals surface area contributed by atoms with Crippen LogP contribution in [-0.2, 0) is 16.4 Å². The van der Waals surface area contributed by atoms with Gasteiger partial charge in [0.25, 0.3) is 0 Å². The molecule has 0 atom stereocenters. The van der Waals surface area contributed by atoms with Crippen molar-refractivity contribution in [3.63, 3.8) is 0 Å². The quantitative estimate of drug-likeness (QED) is 0.883. The fourth-order valence-corrected chi connectivity index (χ4v) is 2.74. The highest BCUT2D eigenvalue weighted by molar-refractivity contribution is 9.10. The van der Waals surface area contributed by atoms with Crippen LogP contribution in [0.5, 0.6) is 5.75 Å². The van der Waals surface area contributed by atoms with Crippen LogP contribution in [0.15, 0.2) is 51.8 Å². The smallest absolute Gasteiger partial charge is 0.175 e. The molecule has 0 aromatic heterocycles. The van der Waals surface area contributed by atoms with Gasteiger partial charge in [0, 0.05) is 18.5 Å². The average molecular weight is 356 g/mol. The Morgan fingerprint density at radius 2 is 1.80 bits per heavy atom. The fourth-order valence-electron chi connectivity index (χ4n) is 1.68. The molecule has 2 aromatic rings. The van der Waals surface area contributed by atoms with Gasteiger partial charge in [-0.3, -0.25) is 0 Å². The molecule has 0 saturated heterocycles. The Hall–Kier alpha value is -1.53. The van der Waals surface area contributed by atoms with Gasteiger partial charge in [0.05, 0.1) is 9.37 Å². The Morgan fingerprint density at radius 3 is 2.35 bits per heavy atom. The van der Waals surface area contributed by atoms with Crippen molar-refractivity contribution in [3.8, 4) is 5.75 Å². The van der Waals surface area contributed by atoms with Crippen LogP contribution >= 0.6 is 15.9 Å². The highest BCUT2D eigenvalue weighted by Crippen LogP contribution is 2.24. The number of hydrogen-bond acceptors (Lipinski definition) is 4. The van der Waals surface area contributed by atoms with E-state index in [1.54, 1.807) is 30.3 Å². The lowest BCUT2D eigenvalue weighted by molar-refractivity contribution is 0.471. The van der Waals surface area contributed by atoms with Gasteiger partial charge < -0.3 is 10.4 Å². The summed E-state index contributed by atoms with van der Waals surface area (Å²) < 4.78 is 23.3. The Kier molecular flexibility index (Phi) is 4.35. The van der Waals surface area contributed by atoms with Crippen molar-refractivity contribution in [3.05, 3.63) is 52.5 Å². The molecule has 2 aromatic carbocycles. The lowest BCUT2D eigenvalue weighted by Gasteiger charge is -2.08. The number of hydrogen-bond donors (Lipinski definition) is 2. The number of nitrogens with one attached hydrogen (secondary N) is 1. The number of phenolic OH excluding ortho intramolecular Hbond substituents is 1. The first-order valence-corrected chi connectivity index (χ1v) is 8.56. The van der Waals surface area contributed by atoms with Gasteiger partial charge in [0.2, 0.25) is 0 Å². The van der Waals surface area contributed by atoms with E-state index in [0.717, 1.165) is 11.3 Å². The number of benzene rings is 2. The molecule has 0 aliphatic rings. The van der Waals surface area contributed by atoms with Gasteiger partial charge in [-0.15, -0.1) is 0 Å². The lowest BCUT2D eigenvalue weighted by atomic mass is 10.2. The summed E-state index contributed by atoms with van der Waals surface area (Å²) in [5.74, 6) is 0.200. The largest absolute Gasteiger partial charge is 0.507 e. The molecule has 2 rings (SSSR count). The van der Waals surface area contributed by atoms with Crippen molar-refractivity contribution in [1.29, 1.82) is 0 Å². The summed E-state index contributed by atoms with van der Waals surface area (Å²) in [6.07, 6.45) is 1.18. The molecule has 0 bridgehead atoms. The molecule has 20 heavy (non-hydrogen) atoms. The average Bonchev–Trinajstić information content (AvgIpc) is 2.40. The third-order valence-electron chi connectivity index (χ3n) is 2.79. The van der Waals surface area contributed by atoms with Crippen molar-refractivity contribution < 1.29 is 13.5 Å². The molecular formula is C14H14BrNO3S. The molecule has 0 aliphatic carbocycles. The van der Waals surface area contributed by atoms with Crippen molar-refractivity contribution in [1.82, 2.24) is 0 Å². The van der Waals surface area contributed by atoms with Crippen molar-refractivity contribution >= 4 is 31.5 Å². The fraction of sp³-hybridized carbons (Fsp3) is 0.143. The summed E-state index contributed by atoms with van der Waals surface area (Å²) in [6, 6.07) is 11.9. The highest BCUT2D eigenvalue weighted by Gasteiger charge is 2.06. The second-order valence-electron chi connectivity index (χ2n) is 4.44. The van der Waals surface area contributed by atoms with Gasteiger partial charge >= 0.3 is 0 Å². The minimum absolute atomic E-state index is 0.200. The van der Waals surface area contributed by atoms with Crippen LogP contribution < -0.4 is 5.32 Å². The normalized spacial score (nSPS) is 11.3. The molecule has 0 spiro atoms. The van der Waals surface area contributed by atoms with E-state index in [1.807, 2.05) is 12.1 Å². The van der Waals surface area contributed by atoms with E-state index >= 15 is 0 Å². The second kappa shape index (κ2) is 5.85. The highest BCUT2D eigenvalue weighted by atomic mass is 79.9. The minimum atomic E-state index is -3.16. The SMILES string of the molecule is CS(=O)(=O)c1ccc(NCc2ccc(O)c(Br)c2)cc1. The second-order valence-corrected chi connectivity index (χ2v) is 7.31. The van der Waals surface area contributed by atoms with Gasteiger partial charge in [-0.05, 0) is 57.9 Å². The number of aromatic hydroxyl groups is 1. The van der Waals surface area contributed by atoms with Gasteiger partial charge in [0.15, 0.2) is 9.84 Å². The van der Waals surface area contributed by atoms with Crippen LogP contribution in [0.1, 0.15) is 5.56 Å². The van der Waals surface area contributed by atoms with Crippen LogP contribution in [-0.4, -0.2) is 19.8 Å². The number of sulfone groups is 1. The topological polar surface area (TPSA) is 66.4 Å². The first-order valence-electron chi connectivity index (χ1n) is 5.87. The van der Waals surface area contributed by atoms with Crippen LogP contribution in [0.25, 0.3) is 0 Å². The Labute approximate surface area is 126 Å². The van der Waals surface area contributed by atoms with Crippen LogP contribution in [0.3, 0.4) is 0 Å². The number of anilines is 1. The van der Waals surface area contributed by atoms with Crippen LogP contribution in [0.4, 0.5) is 5.69 Å². The zero-order valence-corrected chi connectivity index (χ0v) is 13.2. The predicted molar refractivity (Wildman–Crippen MR) is 82.7 cm³/mol. The monoisotopic (exact) mass is 355 g/mol. The maximum atomic E-state index is 11.3. The molecule has 0 aliphatic heterocycles.